The summed E-state index contributed by atoms with van der Waals surface area (Å²) in [6, 6.07) is 23.3. The summed E-state index contributed by atoms with van der Waals surface area (Å²) in [7, 11) is 1.64. The van der Waals surface area contributed by atoms with Crippen molar-refractivity contribution >= 4 is 22.9 Å². The number of aromatic nitrogens is 2. The molecule has 2 heterocycles. The third-order valence-corrected chi connectivity index (χ3v) is 6.33. The van der Waals surface area contributed by atoms with E-state index in [-0.39, 0.29) is 5.82 Å². The summed E-state index contributed by atoms with van der Waals surface area (Å²) < 4.78 is 25.4. The average Bonchev–Trinajstić information content (AvgIpc) is 3.37. The minimum Gasteiger partial charge on any atom is -0.496 e. The molecule has 0 saturated carbocycles. The molecule has 0 spiro atoms. The van der Waals surface area contributed by atoms with Crippen molar-refractivity contribution in [2.45, 2.75) is 19.5 Å². The van der Waals surface area contributed by atoms with E-state index in [9.17, 15) is 4.39 Å². The predicted octanol–water partition coefficient (Wildman–Crippen LogP) is 5.75. The fourth-order valence-electron chi connectivity index (χ4n) is 4.23. The fraction of sp³-hybridized carbons (Fsp3) is 0.148. The molecular weight excluding hydrogens is 463 g/mol. The number of nitrogens with one attached hydrogen (secondary N) is 1. The largest absolute Gasteiger partial charge is 0.496 e. The maximum atomic E-state index is 14.2. The lowest BCUT2D eigenvalue weighted by Crippen LogP contribution is -2.45. The van der Waals surface area contributed by atoms with E-state index in [1.165, 1.54) is 12.1 Å². The smallest absolute Gasteiger partial charge is 0.258 e. The lowest BCUT2D eigenvalue weighted by atomic mass is 9.94. The molecule has 0 radical (unpaired) electrons. The molecule has 0 saturated heterocycles. The van der Waals surface area contributed by atoms with E-state index in [1.807, 2.05) is 72.5 Å². The highest BCUT2D eigenvalue weighted by Crippen LogP contribution is 2.38. The van der Waals surface area contributed by atoms with Gasteiger partial charge in [-0.2, -0.15) is 4.98 Å². The molecule has 6 nitrogen and oxygen atoms in total. The SMILES string of the molecule is COc1ccccc1CN1C(=S)NC(c2cccc(F)c2)C(c2nc(-c3ccccc3)no2)=C1C. The van der Waals surface area contributed by atoms with E-state index < -0.39 is 6.04 Å². The van der Waals surface area contributed by atoms with Crippen molar-refractivity contribution in [3.05, 3.63) is 107 Å². The van der Waals surface area contributed by atoms with E-state index in [0.717, 1.165) is 28.1 Å². The molecule has 1 N–H and O–H groups in total. The Balaban J connectivity index is 1.61. The zero-order valence-corrected chi connectivity index (χ0v) is 20.1. The molecule has 176 valence electrons. The highest BCUT2D eigenvalue weighted by Gasteiger charge is 2.34. The summed E-state index contributed by atoms with van der Waals surface area (Å²) in [5, 5.41) is 8.07. The van der Waals surface area contributed by atoms with Gasteiger partial charge < -0.3 is 19.5 Å². The van der Waals surface area contributed by atoms with Crippen LogP contribution in [0.3, 0.4) is 0 Å². The minimum atomic E-state index is -0.462. The normalized spacial score (nSPS) is 15.8. The fourth-order valence-corrected chi connectivity index (χ4v) is 4.55. The van der Waals surface area contributed by atoms with Gasteiger partial charge in [-0.3, -0.25) is 0 Å². The Morgan fingerprint density at radius 2 is 1.83 bits per heavy atom. The van der Waals surface area contributed by atoms with E-state index in [4.69, 9.17) is 21.5 Å². The Hall–Kier alpha value is -4.04. The quantitative estimate of drug-likeness (QED) is 0.348. The van der Waals surface area contributed by atoms with Crippen LogP contribution in [-0.2, 0) is 6.54 Å². The highest BCUT2D eigenvalue weighted by molar-refractivity contribution is 7.80. The van der Waals surface area contributed by atoms with Crippen molar-refractivity contribution in [3.8, 4) is 17.1 Å². The van der Waals surface area contributed by atoms with Crippen LogP contribution in [-0.4, -0.2) is 27.3 Å². The predicted molar refractivity (Wildman–Crippen MR) is 136 cm³/mol. The van der Waals surface area contributed by atoms with Crippen LogP contribution < -0.4 is 10.1 Å². The molecule has 4 aromatic rings. The van der Waals surface area contributed by atoms with Gasteiger partial charge >= 0.3 is 0 Å². The maximum Gasteiger partial charge on any atom is 0.258 e. The number of hydrogen-bond donors (Lipinski definition) is 1. The van der Waals surface area contributed by atoms with Crippen LogP contribution in [0, 0.1) is 5.82 Å². The van der Waals surface area contributed by atoms with Crippen molar-refractivity contribution in [1.82, 2.24) is 20.4 Å². The number of allylic oxidation sites excluding steroid dienone is 1. The van der Waals surface area contributed by atoms with Crippen molar-refractivity contribution in [3.63, 3.8) is 0 Å². The van der Waals surface area contributed by atoms with E-state index in [2.05, 4.69) is 15.5 Å². The molecule has 0 amide bonds. The minimum absolute atomic E-state index is 0.334. The molecule has 1 atom stereocenters. The molecular formula is C27H23FN4O2S. The number of para-hydroxylation sites is 1. The van der Waals surface area contributed by atoms with Gasteiger partial charge in [0.25, 0.3) is 5.89 Å². The molecule has 35 heavy (non-hydrogen) atoms. The molecule has 0 aliphatic carbocycles. The van der Waals surface area contributed by atoms with Crippen LogP contribution in [0.5, 0.6) is 5.75 Å². The maximum absolute atomic E-state index is 14.2. The zero-order chi connectivity index (χ0) is 24.4. The van der Waals surface area contributed by atoms with Gasteiger partial charge in [0, 0.05) is 16.8 Å². The Bertz CT molecular complexity index is 1400. The van der Waals surface area contributed by atoms with Gasteiger partial charge in [-0.15, -0.1) is 0 Å². The number of rotatable bonds is 6. The number of thiocarbonyl (C=S) groups is 1. The summed E-state index contributed by atoms with van der Waals surface area (Å²) in [5.41, 5.74) is 4.08. The van der Waals surface area contributed by atoms with Crippen LogP contribution in [0.15, 0.2) is 89.1 Å². The lowest BCUT2D eigenvalue weighted by Gasteiger charge is -2.37. The van der Waals surface area contributed by atoms with Crippen LogP contribution in [0.2, 0.25) is 0 Å². The number of hydrogen-bond acceptors (Lipinski definition) is 5. The zero-order valence-electron chi connectivity index (χ0n) is 19.2. The molecule has 3 aromatic carbocycles. The molecule has 0 fully saturated rings. The van der Waals surface area contributed by atoms with Crippen molar-refractivity contribution < 1.29 is 13.7 Å². The summed E-state index contributed by atoms with van der Waals surface area (Å²) in [6.07, 6.45) is 0. The summed E-state index contributed by atoms with van der Waals surface area (Å²) in [5.74, 6) is 1.25. The van der Waals surface area contributed by atoms with Crippen LogP contribution in [0.4, 0.5) is 4.39 Å². The third-order valence-electron chi connectivity index (χ3n) is 5.99. The number of halogens is 1. The van der Waals surface area contributed by atoms with Gasteiger partial charge in [0.2, 0.25) is 5.82 Å². The summed E-state index contributed by atoms with van der Waals surface area (Å²) in [6.45, 7) is 2.43. The second kappa shape index (κ2) is 9.68. The first-order chi connectivity index (χ1) is 17.0. The van der Waals surface area contributed by atoms with Crippen molar-refractivity contribution in [1.29, 1.82) is 0 Å². The monoisotopic (exact) mass is 486 g/mol. The van der Waals surface area contributed by atoms with Gasteiger partial charge in [0.15, 0.2) is 5.11 Å². The van der Waals surface area contributed by atoms with Crippen molar-refractivity contribution in [2.24, 2.45) is 0 Å². The van der Waals surface area contributed by atoms with Crippen molar-refractivity contribution in [2.75, 3.05) is 7.11 Å². The lowest BCUT2D eigenvalue weighted by molar-refractivity contribution is 0.387. The average molecular weight is 487 g/mol. The topological polar surface area (TPSA) is 63.4 Å². The third kappa shape index (κ3) is 4.52. The first kappa shape index (κ1) is 22.7. The Kier molecular flexibility index (Phi) is 6.29. The van der Waals surface area contributed by atoms with Gasteiger partial charge in [0.1, 0.15) is 11.6 Å². The first-order valence-electron chi connectivity index (χ1n) is 11.1. The Morgan fingerprint density at radius 1 is 1.06 bits per heavy atom. The Morgan fingerprint density at radius 3 is 2.60 bits per heavy atom. The summed E-state index contributed by atoms with van der Waals surface area (Å²) >= 11 is 5.76. The standard InChI is InChI=1S/C27H23FN4O2S/c1-17-23(26-30-25(31-34-26)18-9-4-3-5-10-18)24(19-12-8-13-21(28)15-19)29-27(35)32(17)16-20-11-6-7-14-22(20)33-2/h3-15,24H,16H2,1-2H3,(H,29,35). The number of ether oxygens (including phenoxy) is 1. The summed E-state index contributed by atoms with van der Waals surface area (Å²) in [4.78, 5) is 6.65. The van der Waals surface area contributed by atoms with Crippen LogP contribution in [0.25, 0.3) is 17.0 Å². The van der Waals surface area contributed by atoms with E-state index in [1.54, 1.807) is 13.2 Å². The first-order valence-corrected chi connectivity index (χ1v) is 11.5. The van der Waals surface area contributed by atoms with Gasteiger partial charge in [-0.1, -0.05) is 65.8 Å². The van der Waals surface area contributed by atoms with Gasteiger partial charge in [0.05, 0.1) is 25.3 Å². The number of methoxy groups -OCH3 is 1. The molecule has 1 aliphatic heterocycles. The molecule has 8 heteroatoms. The van der Waals surface area contributed by atoms with Crippen LogP contribution >= 0.6 is 12.2 Å². The highest BCUT2D eigenvalue weighted by atomic mass is 32.1. The van der Waals surface area contributed by atoms with Gasteiger partial charge in [-0.25, -0.2) is 4.39 Å². The second-order valence-electron chi connectivity index (χ2n) is 8.12. The number of nitrogens with zero attached hydrogens (tertiary/aromatic N) is 3. The second-order valence-corrected chi connectivity index (χ2v) is 8.51. The molecule has 0 bridgehead atoms. The van der Waals surface area contributed by atoms with Gasteiger partial charge in [-0.05, 0) is 42.9 Å². The molecule has 1 unspecified atom stereocenters. The molecule has 5 rings (SSSR count). The molecule has 1 aromatic heterocycles. The molecule has 1 aliphatic rings. The van der Waals surface area contributed by atoms with E-state index in [0.29, 0.717) is 28.9 Å². The number of benzene rings is 3. The van der Waals surface area contributed by atoms with E-state index >= 15 is 0 Å². The Labute approximate surface area is 208 Å². The van der Waals surface area contributed by atoms with Crippen LogP contribution in [0.1, 0.15) is 30.0 Å².